The SMILES string of the molecule is COc1ccc(C(=O)N(CCN2CCOCC2)CC(=O)N2N=C(c3ccccc3F)CC2c2ccc(F)cc2)cc1. The van der Waals surface area contributed by atoms with Crippen LogP contribution in [0.3, 0.4) is 0 Å². The third-order valence-electron chi connectivity index (χ3n) is 7.35. The van der Waals surface area contributed by atoms with E-state index >= 15 is 0 Å². The van der Waals surface area contributed by atoms with Crippen molar-refractivity contribution in [2.75, 3.05) is 53.0 Å². The Morgan fingerprint density at radius 1 is 1.00 bits per heavy atom. The van der Waals surface area contributed by atoms with Crippen LogP contribution in [0.25, 0.3) is 0 Å². The summed E-state index contributed by atoms with van der Waals surface area (Å²) in [5, 5.41) is 5.85. The Labute approximate surface area is 237 Å². The topological polar surface area (TPSA) is 74.7 Å². The summed E-state index contributed by atoms with van der Waals surface area (Å²) in [7, 11) is 1.55. The molecule has 2 aliphatic rings. The Bertz CT molecular complexity index is 1390. The van der Waals surface area contributed by atoms with E-state index in [4.69, 9.17) is 9.47 Å². The molecular weight excluding hydrogens is 530 g/mol. The zero-order chi connectivity index (χ0) is 28.8. The lowest BCUT2D eigenvalue weighted by molar-refractivity contribution is -0.133. The predicted molar refractivity (Wildman–Crippen MR) is 150 cm³/mol. The van der Waals surface area contributed by atoms with E-state index in [-0.39, 0.29) is 18.9 Å². The molecule has 0 bridgehead atoms. The molecule has 1 fully saturated rings. The molecule has 0 saturated carbocycles. The first-order chi connectivity index (χ1) is 19.9. The van der Waals surface area contributed by atoms with Gasteiger partial charge in [0.25, 0.3) is 11.8 Å². The Kier molecular flexibility index (Phi) is 9.01. The van der Waals surface area contributed by atoms with Crippen molar-refractivity contribution in [2.24, 2.45) is 5.10 Å². The Morgan fingerprint density at radius 2 is 1.71 bits per heavy atom. The summed E-state index contributed by atoms with van der Waals surface area (Å²) in [5.74, 6) is -0.953. The number of hydrogen-bond acceptors (Lipinski definition) is 6. The minimum atomic E-state index is -0.574. The third-order valence-corrected chi connectivity index (χ3v) is 7.35. The number of benzene rings is 3. The molecule has 2 amide bonds. The van der Waals surface area contributed by atoms with Crippen molar-refractivity contribution in [2.45, 2.75) is 12.5 Å². The second kappa shape index (κ2) is 13.0. The van der Waals surface area contributed by atoms with Crippen molar-refractivity contribution in [1.82, 2.24) is 14.8 Å². The van der Waals surface area contributed by atoms with E-state index in [2.05, 4.69) is 10.0 Å². The first kappa shape index (κ1) is 28.4. The molecule has 0 radical (unpaired) electrons. The predicted octanol–water partition coefficient (Wildman–Crippen LogP) is 4.13. The van der Waals surface area contributed by atoms with E-state index < -0.39 is 23.6 Å². The van der Waals surface area contributed by atoms with Gasteiger partial charge >= 0.3 is 0 Å². The molecule has 41 heavy (non-hydrogen) atoms. The first-order valence-corrected chi connectivity index (χ1v) is 13.6. The fourth-order valence-electron chi connectivity index (χ4n) is 5.03. The van der Waals surface area contributed by atoms with Crippen LogP contribution in [0.5, 0.6) is 5.75 Å². The van der Waals surface area contributed by atoms with Gasteiger partial charge < -0.3 is 14.4 Å². The summed E-state index contributed by atoms with van der Waals surface area (Å²) >= 11 is 0. The summed E-state index contributed by atoms with van der Waals surface area (Å²) in [6.07, 6.45) is 0.249. The Morgan fingerprint density at radius 3 is 2.39 bits per heavy atom. The van der Waals surface area contributed by atoms with E-state index in [1.807, 2.05) is 0 Å². The standard InChI is InChI=1S/C31H32F2N4O4/c1-40-25-12-8-23(9-13-25)31(39)36(15-14-35-16-18-41-19-17-35)21-30(38)37-29(22-6-10-24(32)11-7-22)20-28(34-37)26-4-2-3-5-27(26)33/h2-13,29H,14-21H2,1H3. The van der Waals surface area contributed by atoms with Gasteiger partial charge in [-0.25, -0.2) is 13.8 Å². The molecule has 2 heterocycles. The average Bonchev–Trinajstić information content (AvgIpc) is 3.45. The molecule has 10 heteroatoms. The minimum Gasteiger partial charge on any atom is -0.497 e. The van der Waals surface area contributed by atoms with E-state index in [0.29, 0.717) is 54.5 Å². The lowest BCUT2D eigenvalue weighted by atomic mass is 9.98. The molecule has 3 aromatic rings. The van der Waals surface area contributed by atoms with Crippen LogP contribution in [0.1, 0.15) is 33.9 Å². The number of carbonyl (C=O) groups excluding carboxylic acids is 2. The summed E-state index contributed by atoms with van der Waals surface area (Å²) in [5.41, 5.74) is 1.80. The van der Waals surface area contributed by atoms with E-state index in [0.717, 1.165) is 13.1 Å². The van der Waals surface area contributed by atoms with Crippen LogP contribution in [0.15, 0.2) is 77.9 Å². The van der Waals surface area contributed by atoms with E-state index in [9.17, 15) is 18.4 Å². The number of rotatable bonds is 9. The third kappa shape index (κ3) is 6.78. The average molecular weight is 563 g/mol. The number of halogens is 2. The lowest BCUT2D eigenvalue weighted by Gasteiger charge is -2.31. The molecule has 8 nitrogen and oxygen atoms in total. The molecule has 0 aliphatic carbocycles. The van der Waals surface area contributed by atoms with Crippen LogP contribution in [0.4, 0.5) is 8.78 Å². The second-order valence-corrected chi connectivity index (χ2v) is 9.95. The molecule has 1 unspecified atom stereocenters. The van der Waals surface area contributed by atoms with Gasteiger partial charge in [0.15, 0.2) is 0 Å². The number of methoxy groups -OCH3 is 1. The maximum absolute atomic E-state index is 14.7. The van der Waals surface area contributed by atoms with Gasteiger partial charge in [-0.2, -0.15) is 5.10 Å². The van der Waals surface area contributed by atoms with Gasteiger partial charge in [0.1, 0.15) is 23.9 Å². The van der Waals surface area contributed by atoms with Gasteiger partial charge in [-0.3, -0.25) is 14.5 Å². The summed E-state index contributed by atoms with van der Waals surface area (Å²) in [4.78, 5) is 31.2. The van der Waals surface area contributed by atoms with Gasteiger partial charge in [-0.05, 0) is 48.0 Å². The number of amides is 2. The van der Waals surface area contributed by atoms with Gasteiger partial charge in [0.2, 0.25) is 0 Å². The summed E-state index contributed by atoms with van der Waals surface area (Å²) in [6.45, 7) is 3.37. The zero-order valence-corrected chi connectivity index (χ0v) is 22.8. The molecular formula is C31H32F2N4O4. The van der Waals surface area contributed by atoms with Crippen molar-refractivity contribution in [3.8, 4) is 5.75 Å². The maximum Gasteiger partial charge on any atom is 0.262 e. The van der Waals surface area contributed by atoms with Crippen LogP contribution in [0, 0.1) is 11.6 Å². The maximum atomic E-state index is 14.7. The monoisotopic (exact) mass is 562 g/mol. The number of hydrazone groups is 1. The van der Waals surface area contributed by atoms with Crippen molar-refractivity contribution in [3.05, 3.63) is 101 Å². The van der Waals surface area contributed by atoms with Crippen molar-refractivity contribution >= 4 is 17.5 Å². The fourth-order valence-corrected chi connectivity index (χ4v) is 5.03. The molecule has 0 spiro atoms. The summed E-state index contributed by atoms with van der Waals surface area (Å²) < 4.78 is 39.0. The highest BCUT2D eigenvalue weighted by Gasteiger charge is 2.35. The van der Waals surface area contributed by atoms with Crippen LogP contribution < -0.4 is 4.74 Å². The quantitative estimate of drug-likeness (QED) is 0.392. The Balaban J connectivity index is 1.41. The number of carbonyl (C=O) groups is 2. The highest BCUT2D eigenvalue weighted by Crippen LogP contribution is 2.33. The molecule has 0 N–H and O–H groups in total. The van der Waals surface area contributed by atoms with Crippen LogP contribution in [-0.4, -0.2) is 85.4 Å². The number of ether oxygens (including phenoxy) is 2. The molecule has 5 rings (SSSR count). The van der Waals surface area contributed by atoms with Crippen molar-refractivity contribution in [3.63, 3.8) is 0 Å². The van der Waals surface area contributed by atoms with Gasteiger partial charge in [-0.15, -0.1) is 0 Å². The second-order valence-electron chi connectivity index (χ2n) is 9.95. The van der Waals surface area contributed by atoms with E-state index in [1.54, 1.807) is 61.7 Å². The van der Waals surface area contributed by atoms with Gasteiger partial charge in [-0.1, -0.05) is 30.3 Å². The number of hydrogen-bond donors (Lipinski definition) is 0. The molecule has 1 atom stereocenters. The molecule has 1 saturated heterocycles. The number of morpholine rings is 1. The van der Waals surface area contributed by atoms with Crippen molar-refractivity contribution < 1.29 is 27.8 Å². The molecule has 0 aromatic heterocycles. The Hall–Kier alpha value is -4.15. The zero-order valence-electron chi connectivity index (χ0n) is 22.8. The summed E-state index contributed by atoms with van der Waals surface area (Å²) in [6, 6.07) is 18.2. The largest absolute Gasteiger partial charge is 0.497 e. The fraction of sp³-hybridized carbons (Fsp3) is 0.323. The van der Waals surface area contributed by atoms with Crippen molar-refractivity contribution in [1.29, 1.82) is 0 Å². The number of nitrogens with zero attached hydrogens (tertiary/aromatic N) is 4. The molecule has 2 aliphatic heterocycles. The van der Waals surface area contributed by atoms with Crippen LogP contribution >= 0.6 is 0 Å². The van der Waals surface area contributed by atoms with Crippen LogP contribution in [0.2, 0.25) is 0 Å². The van der Waals surface area contributed by atoms with Crippen LogP contribution in [-0.2, 0) is 9.53 Å². The molecule has 214 valence electrons. The smallest absolute Gasteiger partial charge is 0.262 e. The van der Waals surface area contributed by atoms with Gasteiger partial charge in [0.05, 0.1) is 32.1 Å². The highest BCUT2D eigenvalue weighted by atomic mass is 19.1. The first-order valence-electron chi connectivity index (χ1n) is 13.6. The normalized spacial score (nSPS) is 17.3. The lowest BCUT2D eigenvalue weighted by Crippen LogP contribution is -2.46. The minimum absolute atomic E-state index is 0.235. The van der Waals surface area contributed by atoms with E-state index in [1.165, 1.54) is 28.1 Å². The molecule has 3 aromatic carbocycles. The highest BCUT2D eigenvalue weighted by molar-refractivity contribution is 6.04. The van der Waals surface area contributed by atoms with Gasteiger partial charge in [0, 0.05) is 43.7 Å².